The van der Waals surface area contributed by atoms with Gasteiger partial charge in [-0.3, -0.25) is 4.57 Å². The van der Waals surface area contributed by atoms with Crippen molar-refractivity contribution in [2.45, 2.75) is 4.90 Å². The van der Waals surface area contributed by atoms with Crippen molar-refractivity contribution in [3.63, 3.8) is 0 Å². The predicted molar refractivity (Wildman–Crippen MR) is 113 cm³/mol. The van der Waals surface area contributed by atoms with Gasteiger partial charge in [-0.15, -0.1) is 0 Å². The van der Waals surface area contributed by atoms with Gasteiger partial charge in [0.15, 0.2) is 0 Å². The van der Waals surface area contributed by atoms with Gasteiger partial charge in [-0.1, -0.05) is 18.2 Å². The quantitative estimate of drug-likeness (QED) is 0.137. The summed E-state index contributed by atoms with van der Waals surface area (Å²) in [4.78, 5) is 31.8. The molecule has 0 spiro atoms. The predicted octanol–water partition coefficient (Wildman–Crippen LogP) is 0.694. The van der Waals surface area contributed by atoms with Crippen LogP contribution in [0.3, 0.4) is 0 Å². The Hall–Kier alpha value is -3.12. The van der Waals surface area contributed by atoms with Crippen molar-refractivity contribution in [3.8, 4) is 0 Å². The molecule has 0 saturated heterocycles. The third-order valence-corrected chi connectivity index (χ3v) is 7.07. The molecule has 0 bridgehead atoms. The van der Waals surface area contributed by atoms with Crippen LogP contribution >= 0.6 is 7.37 Å². The minimum Gasteiger partial charge on any atom is -0.480 e. The van der Waals surface area contributed by atoms with Crippen molar-refractivity contribution >= 4 is 35.2 Å². The Bertz CT molecular complexity index is 1010. The minimum absolute atomic E-state index is 0. The fourth-order valence-electron chi connectivity index (χ4n) is 2.55. The zero-order chi connectivity index (χ0) is 24.3. The summed E-state index contributed by atoms with van der Waals surface area (Å²) in [7, 11) is -7.39. The molecule has 0 fully saturated rings. The Kier molecular flexibility index (Phi) is 11.5. The number of aliphatic carboxylic acids is 1. The van der Waals surface area contributed by atoms with Crippen LogP contribution in [0, 0.1) is 0 Å². The summed E-state index contributed by atoms with van der Waals surface area (Å²) in [5.74, 6) is -1.90. The molecule has 2 rings (SSSR count). The van der Waals surface area contributed by atoms with Gasteiger partial charge in [0.2, 0.25) is 17.2 Å². The van der Waals surface area contributed by atoms with E-state index in [1.165, 1.54) is 12.1 Å². The molecule has 1 aromatic rings. The Morgan fingerprint density at radius 3 is 2.06 bits per heavy atom. The third-order valence-electron chi connectivity index (χ3n) is 4.02. The fourth-order valence-corrected chi connectivity index (χ4v) is 4.93. The van der Waals surface area contributed by atoms with Crippen molar-refractivity contribution in [1.82, 2.24) is 0 Å². The monoisotopic (exact) mass is 765 g/mol. The molecule has 1 heterocycles. The van der Waals surface area contributed by atoms with Crippen molar-refractivity contribution in [3.05, 3.63) is 34.7 Å². The van der Waals surface area contributed by atoms with E-state index >= 15 is 0 Å². The van der Waals surface area contributed by atoms with Gasteiger partial charge in [0.1, 0.15) is 32.5 Å². The third kappa shape index (κ3) is 9.40. The van der Waals surface area contributed by atoms with Gasteiger partial charge in [-0.25, -0.2) is 18.0 Å². The van der Waals surface area contributed by atoms with Crippen LogP contribution in [0.25, 0.3) is 6.08 Å². The van der Waals surface area contributed by atoms with E-state index in [0.29, 0.717) is 5.56 Å². The van der Waals surface area contributed by atoms with Crippen LogP contribution in [0.1, 0.15) is 5.56 Å². The first-order valence-corrected chi connectivity index (χ1v) is 13.2. The topological polar surface area (TPSA) is 172 Å². The van der Waals surface area contributed by atoms with Crippen LogP contribution in [-0.4, -0.2) is 89.3 Å². The molecule has 0 amide bonds. The van der Waals surface area contributed by atoms with Gasteiger partial charge >= 0.3 is 11.9 Å². The number of hydrogen-bond donors (Lipinski definition) is 2. The fraction of sp³-hybridized carbons (Fsp3) is 0.474. The summed E-state index contributed by atoms with van der Waals surface area (Å²) in [6, 6.07) is 6.45. The molecule has 0 aliphatic carbocycles. The zero-order valence-corrected chi connectivity index (χ0v) is 22.0. The molecule has 1 aliphatic rings. The average Bonchev–Trinajstić information content (AvgIpc) is 3.01. The maximum Gasteiger partial charge on any atom is 0.332 e. The molecular weight excluding hydrogens is 740 g/mol. The number of carboxylic acid groups (broad SMARTS) is 1. The molecule has 1 unspecified atom stereocenters. The Balaban J connectivity index is 0.00000578. The first-order valence-electron chi connectivity index (χ1n) is 9.66. The first kappa shape index (κ1) is 28.9. The smallest absolute Gasteiger partial charge is 0.332 e. The molecule has 34 heavy (non-hydrogen) atoms. The van der Waals surface area contributed by atoms with E-state index in [2.05, 4.69) is 0 Å². The molecule has 196 valence electrons. The van der Waals surface area contributed by atoms with Crippen LogP contribution in [0.2, 0.25) is 0 Å². The number of fused-ring (bicyclic) bond motifs is 1. The molecule has 15 heteroatoms. The van der Waals surface area contributed by atoms with Crippen molar-refractivity contribution in [1.29, 1.82) is 0 Å². The molecule has 2 N–H and O–H groups in total. The molecule has 1 aromatic carbocycles. The summed E-state index contributed by atoms with van der Waals surface area (Å²) in [6.07, 6.45) is 0.467. The summed E-state index contributed by atoms with van der Waals surface area (Å²) in [6.45, 7) is -1.56. The van der Waals surface area contributed by atoms with E-state index in [4.69, 9.17) is 28.8 Å². The average molecular weight is 765 g/mol. The standard InChI is InChI=1S/C19H25O12PS.Fm/c20-18(21)11-27-5-7-29-13-32(23,24)14-30-8-6-28-12-19(22)31-10-16-9-15-3-1-2-4-17(15)33(16,25)26;/h1-4,9H,5-8,10-14H2,(H,20,21)(H,23,24);. The van der Waals surface area contributed by atoms with E-state index in [-0.39, 0.29) is 36.2 Å². The van der Waals surface area contributed by atoms with Gasteiger partial charge in [0.25, 0.3) is 0 Å². The largest absolute Gasteiger partial charge is 0.480 e. The van der Waals surface area contributed by atoms with Crippen molar-refractivity contribution in [2.24, 2.45) is 0 Å². The molecule has 0 aromatic heterocycles. The molecule has 12 nitrogen and oxygen atoms in total. The summed E-state index contributed by atoms with van der Waals surface area (Å²) in [5, 5.41) is 8.38. The van der Waals surface area contributed by atoms with Crippen molar-refractivity contribution in [2.75, 3.05) is 58.9 Å². The summed E-state index contributed by atoms with van der Waals surface area (Å²) < 4.78 is 61.2. The number of esters is 1. The number of carbonyl (C=O) groups is 2. The van der Waals surface area contributed by atoms with E-state index < -0.39 is 61.7 Å². The van der Waals surface area contributed by atoms with E-state index in [1.54, 1.807) is 18.2 Å². The second-order valence-electron chi connectivity index (χ2n) is 6.73. The number of sulfone groups is 1. The second kappa shape index (κ2) is 13.6. The van der Waals surface area contributed by atoms with Gasteiger partial charge in [0, 0.05) is 0 Å². The van der Waals surface area contributed by atoms with Crippen LogP contribution in [0.15, 0.2) is 34.1 Å². The molecule has 0 saturated carbocycles. The maximum atomic E-state index is 12.4. The zero-order valence-electron chi connectivity index (χ0n) is 17.9. The minimum atomic E-state index is -3.71. The normalized spacial score (nSPS) is 15.5. The van der Waals surface area contributed by atoms with Gasteiger partial charge in [-0.2, -0.15) is 0 Å². The van der Waals surface area contributed by atoms with Gasteiger partial charge < -0.3 is 33.7 Å². The summed E-state index contributed by atoms with van der Waals surface area (Å²) >= 11 is 0. The molecular formula is C19H25FmO12PS. The van der Waals surface area contributed by atoms with E-state index in [0.717, 1.165) is 0 Å². The van der Waals surface area contributed by atoms with Crippen LogP contribution in [0.4, 0.5) is 0 Å². The van der Waals surface area contributed by atoms with Crippen molar-refractivity contribution < 1.29 is 56.3 Å². The number of hydrogen-bond acceptors (Lipinski definition) is 10. The van der Waals surface area contributed by atoms with E-state index in [9.17, 15) is 27.5 Å². The van der Waals surface area contributed by atoms with Crippen LogP contribution in [0.5, 0.6) is 0 Å². The van der Waals surface area contributed by atoms with Crippen LogP contribution in [-0.2, 0) is 47.7 Å². The van der Waals surface area contributed by atoms with Crippen LogP contribution < -0.4 is 0 Å². The SMILES string of the molecule is O=C(O)COCCOCP(=O)(O)COCCOCC(=O)OCC1=Cc2ccccc2S1(=O)=O.[Fm]. The Labute approximate surface area is 190 Å². The number of benzene rings is 1. The van der Waals surface area contributed by atoms with Gasteiger partial charge in [0.05, 0.1) is 36.2 Å². The number of rotatable bonds is 16. The Morgan fingerprint density at radius 1 is 0.912 bits per heavy atom. The molecule has 1 atom stereocenters. The molecule has 1 aliphatic heterocycles. The number of carboxylic acids is 1. The van der Waals surface area contributed by atoms with Gasteiger partial charge in [-0.05, 0) is 17.7 Å². The number of carbonyl (C=O) groups excluding carboxylic acids is 1. The first-order chi connectivity index (χ1) is 15.6. The second-order valence-corrected chi connectivity index (χ2v) is 10.9. The number of ether oxygens (including phenoxy) is 5. The maximum absolute atomic E-state index is 12.4. The Morgan fingerprint density at radius 2 is 1.47 bits per heavy atom. The van der Waals surface area contributed by atoms with E-state index in [1.807, 2.05) is 0 Å². The molecule has 0 radical (unpaired) electrons. The summed E-state index contributed by atoms with van der Waals surface area (Å²) in [5.41, 5.74) is 0.537.